The Bertz CT molecular complexity index is 824. The number of hydrogen-bond donors (Lipinski definition) is 2. The van der Waals surface area contributed by atoms with Gasteiger partial charge < -0.3 is 10.2 Å². The minimum absolute atomic E-state index is 0.142. The van der Waals surface area contributed by atoms with E-state index in [1.165, 1.54) is 4.88 Å². The number of hydrogen-bond acceptors (Lipinski definition) is 6. The summed E-state index contributed by atoms with van der Waals surface area (Å²) in [5.74, 6) is 0.969. The SMILES string of the molecule is O=C(NC1CCN(c2cc(-c3cccs3)[nH]n2)CC1)c1ncccn1. The highest BCUT2D eigenvalue weighted by Gasteiger charge is 2.23. The average Bonchev–Trinajstić information content (AvgIpc) is 3.35. The smallest absolute Gasteiger partial charge is 0.289 e. The number of carbonyl (C=O) groups is 1. The number of amides is 1. The summed E-state index contributed by atoms with van der Waals surface area (Å²) in [6.45, 7) is 1.71. The predicted octanol–water partition coefficient (Wildman–Crippen LogP) is 2.33. The Labute approximate surface area is 149 Å². The largest absolute Gasteiger partial charge is 0.355 e. The van der Waals surface area contributed by atoms with Crippen LogP contribution in [0.3, 0.4) is 0 Å². The summed E-state index contributed by atoms with van der Waals surface area (Å²) in [6, 6.07) is 8.04. The van der Waals surface area contributed by atoms with Crippen molar-refractivity contribution in [2.45, 2.75) is 18.9 Å². The van der Waals surface area contributed by atoms with Gasteiger partial charge in [-0.3, -0.25) is 9.89 Å². The second-order valence-electron chi connectivity index (χ2n) is 5.92. The molecule has 7 nitrogen and oxygen atoms in total. The van der Waals surface area contributed by atoms with Gasteiger partial charge >= 0.3 is 0 Å². The van der Waals surface area contributed by atoms with Crippen molar-refractivity contribution in [2.24, 2.45) is 0 Å². The standard InChI is InChI=1S/C17H18N6OS/c24-17(16-18-6-2-7-19-16)20-12-4-8-23(9-5-12)15-11-13(21-22-15)14-3-1-10-25-14/h1-3,6-7,10-12H,4-5,8-9H2,(H,20,24)(H,21,22). The van der Waals surface area contributed by atoms with E-state index in [4.69, 9.17) is 0 Å². The number of thiophene rings is 1. The van der Waals surface area contributed by atoms with E-state index in [0.717, 1.165) is 37.4 Å². The highest BCUT2D eigenvalue weighted by Crippen LogP contribution is 2.27. The Hall–Kier alpha value is -2.74. The molecule has 0 saturated carbocycles. The first-order valence-electron chi connectivity index (χ1n) is 8.22. The van der Waals surface area contributed by atoms with E-state index < -0.39 is 0 Å². The molecule has 0 aliphatic carbocycles. The zero-order valence-electron chi connectivity index (χ0n) is 13.6. The molecular formula is C17H18N6OS. The molecule has 1 amide bonds. The maximum absolute atomic E-state index is 12.1. The molecule has 0 unspecified atom stereocenters. The third-order valence-corrected chi connectivity index (χ3v) is 5.18. The number of piperidine rings is 1. The van der Waals surface area contributed by atoms with Crippen LogP contribution in [-0.2, 0) is 0 Å². The van der Waals surface area contributed by atoms with Crippen LogP contribution in [0.25, 0.3) is 10.6 Å². The summed E-state index contributed by atoms with van der Waals surface area (Å²) in [4.78, 5) is 23.5. The van der Waals surface area contributed by atoms with Crippen LogP contribution in [0, 0.1) is 0 Å². The summed E-state index contributed by atoms with van der Waals surface area (Å²) in [5, 5.41) is 12.6. The first kappa shape index (κ1) is 15.8. The van der Waals surface area contributed by atoms with Gasteiger partial charge in [0.05, 0.1) is 10.6 Å². The molecule has 1 saturated heterocycles. The fourth-order valence-electron chi connectivity index (χ4n) is 2.95. The van der Waals surface area contributed by atoms with Gasteiger partial charge in [-0.1, -0.05) is 6.07 Å². The van der Waals surface area contributed by atoms with Crippen LogP contribution in [0.15, 0.2) is 42.0 Å². The first-order valence-corrected chi connectivity index (χ1v) is 9.10. The predicted molar refractivity (Wildman–Crippen MR) is 96.6 cm³/mol. The Morgan fingerprint density at radius 2 is 2.04 bits per heavy atom. The van der Waals surface area contributed by atoms with E-state index in [9.17, 15) is 4.79 Å². The lowest BCUT2D eigenvalue weighted by Crippen LogP contribution is -2.45. The summed E-state index contributed by atoms with van der Waals surface area (Å²) in [5.41, 5.74) is 1.04. The summed E-state index contributed by atoms with van der Waals surface area (Å²) in [7, 11) is 0. The molecule has 1 aliphatic rings. The molecule has 3 aromatic heterocycles. The number of nitrogens with zero attached hydrogens (tertiary/aromatic N) is 4. The molecule has 0 aromatic carbocycles. The number of aromatic nitrogens is 4. The van der Waals surface area contributed by atoms with Crippen molar-refractivity contribution in [2.75, 3.05) is 18.0 Å². The molecule has 0 radical (unpaired) electrons. The van der Waals surface area contributed by atoms with Crippen molar-refractivity contribution in [3.8, 4) is 10.6 Å². The summed E-state index contributed by atoms with van der Waals surface area (Å²) < 4.78 is 0. The molecule has 1 fully saturated rings. The van der Waals surface area contributed by atoms with Crippen LogP contribution in [-0.4, -0.2) is 45.2 Å². The number of aromatic amines is 1. The lowest BCUT2D eigenvalue weighted by Gasteiger charge is -2.32. The molecular weight excluding hydrogens is 336 g/mol. The molecule has 0 spiro atoms. The van der Waals surface area contributed by atoms with E-state index in [2.05, 4.69) is 47.9 Å². The minimum atomic E-state index is -0.209. The Balaban J connectivity index is 1.33. The molecule has 4 rings (SSSR count). The van der Waals surface area contributed by atoms with E-state index in [1.807, 2.05) is 6.07 Å². The summed E-state index contributed by atoms with van der Waals surface area (Å²) >= 11 is 1.69. The first-order chi connectivity index (χ1) is 12.3. The van der Waals surface area contributed by atoms with Crippen LogP contribution in [0.2, 0.25) is 0 Å². The second kappa shape index (κ2) is 7.02. The van der Waals surface area contributed by atoms with Crippen molar-refractivity contribution < 1.29 is 4.79 Å². The number of H-pyrrole nitrogens is 1. The van der Waals surface area contributed by atoms with E-state index >= 15 is 0 Å². The molecule has 0 atom stereocenters. The van der Waals surface area contributed by atoms with Crippen molar-refractivity contribution in [1.82, 2.24) is 25.5 Å². The Morgan fingerprint density at radius 3 is 2.76 bits per heavy atom. The van der Waals surface area contributed by atoms with Gasteiger partial charge in [-0.15, -0.1) is 11.3 Å². The monoisotopic (exact) mass is 354 g/mol. The van der Waals surface area contributed by atoms with Gasteiger partial charge in [-0.05, 0) is 30.4 Å². The van der Waals surface area contributed by atoms with E-state index in [0.29, 0.717) is 0 Å². The molecule has 128 valence electrons. The quantitative estimate of drug-likeness (QED) is 0.751. The Kier molecular flexibility index (Phi) is 4.43. The lowest BCUT2D eigenvalue weighted by molar-refractivity contribution is 0.0920. The molecule has 1 aliphatic heterocycles. The van der Waals surface area contributed by atoms with Gasteiger partial charge in [0.2, 0.25) is 5.82 Å². The Morgan fingerprint density at radius 1 is 1.24 bits per heavy atom. The van der Waals surface area contributed by atoms with Gasteiger partial charge in [0.1, 0.15) is 0 Å². The molecule has 8 heteroatoms. The minimum Gasteiger partial charge on any atom is -0.355 e. The molecule has 4 heterocycles. The van der Waals surface area contributed by atoms with Crippen molar-refractivity contribution in [3.63, 3.8) is 0 Å². The highest BCUT2D eigenvalue weighted by molar-refractivity contribution is 7.13. The topological polar surface area (TPSA) is 86.8 Å². The fourth-order valence-corrected chi connectivity index (χ4v) is 3.64. The van der Waals surface area contributed by atoms with Gasteiger partial charge in [-0.2, -0.15) is 5.10 Å². The zero-order chi connectivity index (χ0) is 17.1. The van der Waals surface area contributed by atoms with Gasteiger partial charge in [0.15, 0.2) is 5.82 Å². The average molecular weight is 354 g/mol. The number of nitrogens with one attached hydrogen (secondary N) is 2. The number of rotatable bonds is 4. The normalized spacial score (nSPS) is 15.3. The van der Waals surface area contributed by atoms with Crippen molar-refractivity contribution in [1.29, 1.82) is 0 Å². The lowest BCUT2D eigenvalue weighted by atomic mass is 10.0. The van der Waals surface area contributed by atoms with Crippen LogP contribution < -0.4 is 10.2 Å². The fraction of sp³-hybridized carbons (Fsp3) is 0.294. The number of anilines is 1. The third kappa shape index (κ3) is 3.53. The van der Waals surface area contributed by atoms with Crippen LogP contribution in [0.1, 0.15) is 23.5 Å². The van der Waals surface area contributed by atoms with Crippen LogP contribution in [0.5, 0.6) is 0 Å². The third-order valence-electron chi connectivity index (χ3n) is 4.27. The maximum atomic E-state index is 12.1. The van der Waals surface area contributed by atoms with Gasteiger partial charge in [0, 0.05) is 37.6 Å². The molecule has 0 bridgehead atoms. The number of carbonyl (C=O) groups excluding carboxylic acids is 1. The van der Waals surface area contributed by atoms with Crippen molar-refractivity contribution >= 4 is 23.1 Å². The highest BCUT2D eigenvalue weighted by atomic mass is 32.1. The maximum Gasteiger partial charge on any atom is 0.289 e. The van der Waals surface area contributed by atoms with E-state index in [1.54, 1.807) is 29.8 Å². The van der Waals surface area contributed by atoms with Gasteiger partial charge in [0.25, 0.3) is 5.91 Å². The summed E-state index contributed by atoms with van der Waals surface area (Å²) in [6.07, 6.45) is 4.90. The van der Waals surface area contributed by atoms with Crippen LogP contribution in [0.4, 0.5) is 5.82 Å². The second-order valence-corrected chi connectivity index (χ2v) is 6.87. The van der Waals surface area contributed by atoms with Crippen molar-refractivity contribution in [3.05, 3.63) is 47.9 Å². The molecule has 3 aromatic rings. The zero-order valence-corrected chi connectivity index (χ0v) is 14.4. The molecule has 25 heavy (non-hydrogen) atoms. The molecule has 2 N–H and O–H groups in total. The van der Waals surface area contributed by atoms with Gasteiger partial charge in [-0.25, -0.2) is 9.97 Å². The van der Waals surface area contributed by atoms with E-state index in [-0.39, 0.29) is 17.8 Å². The van der Waals surface area contributed by atoms with Crippen LogP contribution >= 0.6 is 11.3 Å².